The molecule has 0 aliphatic carbocycles. The summed E-state index contributed by atoms with van der Waals surface area (Å²) in [6, 6.07) is 16.7. The molecule has 0 bridgehead atoms. The first-order valence-corrected chi connectivity index (χ1v) is 8.88. The third-order valence-electron chi connectivity index (χ3n) is 3.11. The lowest BCUT2D eigenvalue weighted by molar-refractivity contribution is 0.215. The van der Waals surface area contributed by atoms with Crippen LogP contribution in [0.1, 0.15) is 24.5 Å². The van der Waals surface area contributed by atoms with E-state index in [1.165, 1.54) is 35.2 Å². The molecule has 4 heteroatoms. The summed E-state index contributed by atoms with van der Waals surface area (Å²) >= 11 is 2.86. The lowest BCUT2D eigenvalue weighted by atomic mass is 10.2. The van der Waals surface area contributed by atoms with Crippen LogP contribution in [0.2, 0.25) is 0 Å². The Labute approximate surface area is 142 Å². The average Bonchev–Trinajstić information content (AvgIpc) is 2.53. The lowest BCUT2D eigenvalue weighted by Crippen LogP contribution is -2.06. The van der Waals surface area contributed by atoms with E-state index in [-0.39, 0.29) is 6.10 Å². The van der Waals surface area contributed by atoms with Gasteiger partial charge < -0.3 is 8.37 Å². The number of hydrogen-bond donors (Lipinski definition) is 0. The molecule has 2 aromatic rings. The van der Waals surface area contributed by atoms with E-state index in [0.717, 1.165) is 16.2 Å². The van der Waals surface area contributed by atoms with Crippen molar-refractivity contribution in [2.75, 3.05) is 6.61 Å². The van der Waals surface area contributed by atoms with Crippen LogP contribution in [0.5, 0.6) is 0 Å². The summed E-state index contributed by atoms with van der Waals surface area (Å²) in [6.07, 6.45) is 1.03. The van der Waals surface area contributed by atoms with Gasteiger partial charge >= 0.3 is 0 Å². The normalized spacial score (nSPS) is 12.3. The number of benzene rings is 2. The Morgan fingerprint density at radius 2 is 1.32 bits per heavy atom. The van der Waals surface area contributed by atoms with Gasteiger partial charge in [0, 0.05) is 33.9 Å². The zero-order valence-electron chi connectivity index (χ0n) is 13.2. The quantitative estimate of drug-likeness (QED) is 0.446. The average molecular weight is 335 g/mol. The van der Waals surface area contributed by atoms with Crippen LogP contribution in [-0.2, 0) is 8.37 Å². The largest absolute Gasteiger partial charge is 0.310 e. The van der Waals surface area contributed by atoms with Crippen LogP contribution in [0, 0.1) is 13.8 Å². The summed E-state index contributed by atoms with van der Waals surface area (Å²) in [4.78, 5) is 2.26. The van der Waals surface area contributed by atoms with Crippen LogP contribution in [0.3, 0.4) is 0 Å². The van der Waals surface area contributed by atoms with Gasteiger partial charge in [-0.2, -0.15) is 0 Å². The summed E-state index contributed by atoms with van der Waals surface area (Å²) < 4.78 is 11.4. The summed E-state index contributed by atoms with van der Waals surface area (Å²) in [5.41, 5.74) is 2.53. The van der Waals surface area contributed by atoms with Crippen molar-refractivity contribution in [3.63, 3.8) is 0 Å². The smallest absolute Gasteiger partial charge is 0.0721 e. The zero-order valence-corrected chi connectivity index (χ0v) is 14.9. The predicted molar refractivity (Wildman–Crippen MR) is 95.2 cm³/mol. The second kappa shape index (κ2) is 9.26. The standard InChI is InChI=1S/C18H22O2S2/c1-14-4-8-17(9-5-14)21-19-13-12-16(3)20-22-18-10-6-15(2)7-11-18/h4-11,16H,12-13H2,1-3H3. The second-order valence-corrected chi connectivity index (χ2v) is 7.01. The van der Waals surface area contributed by atoms with Crippen LogP contribution < -0.4 is 0 Å². The molecule has 1 atom stereocenters. The van der Waals surface area contributed by atoms with Crippen LogP contribution in [0.25, 0.3) is 0 Å². The van der Waals surface area contributed by atoms with Crippen LogP contribution in [0.15, 0.2) is 58.3 Å². The van der Waals surface area contributed by atoms with E-state index in [1.807, 2.05) is 0 Å². The van der Waals surface area contributed by atoms with E-state index < -0.39 is 0 Å². The molecule has 118 valence electrons. The Morgan fingerprint density at radius 3 is 1.86 bits per heavy atom. The van der Waals surface area contributed by atoms with Gasteiger partial charge in [-0.3, -0.25) is 0 Å². The van der Waals surface area contributed by atoms with Crippen molar-refractivity contribution in [2.24, 2.45) is 0 Å². The van der Waals surface area contributed by atoms with Gasteiger partial charge in [0.15, 0.2) is 0 Å². The number of rotatable bonds is 8. The number of aryl methyl sites for hydroxylation is 2. The van der Waals surface area contributed by atoms with Crippen molar-refractivity contribution in [1.29, 1.82) is 0 Å². The fourth-order valence-electron chi connectivity index (χ4n) is 1.70. The Morgan fingerprint density at radius 1 is 0.818 bits per heavy atom. The highest BCUT2D eigenvalue weighted by atomic mass is 32.2. The van der Waals surface area contributed by atoms with Gasteiger partial charge in [0.05, 0.1) is 12.7 Å². The van der Waals surface area contributed by atoms with Gasteiger partial charge in [-0.05, 0) is 51.5 Å². The first kappa shape index (κ1) is 17.4. The third kappa shape index (κ3) is 6.44. The summed E-state index contributed by atoms with van der Waals surface area (Å²) in [5, 5.41) is 0. The molecule has 0 radical (unpaired) electrons. The van der Waals surface area contributed by atoms with E-state index in [4.69, 9.17) is 8.37 Å². The van der Waals surface area contributed by atoms with Gasteiger partial charge in [0.2, 0.25) is 0 Å². The van der Waals surface area contributed by atoms with Gasteiger partial charge in [-0.25, -0.2) is 0 Å². The Balaban J connectivity index is 1.60. The third-order valence-corrected chi connectivity index (χ3v) is 4.75. The van der Waals surface area contributed by atoms with Crippen molar-refractivity contribution in [1.82, 2.24) is 0 Å². The zero-order chi connectivity index (χ0) is 15.8. The van der Waals surface area contributed by atoms with Gasteiger partial charge in [-0.1, -0.05) is 35.4 Å². The molecule has 1 unspecified atom stereocenters. The van der Waals surface area contributed by atoms with E-state index in [0.29, 0.717) is 6.61 Å². The molecule has 0 N–H and O–H groups in total. The van der Waals surface area contributed by atoms with Crippen molar-refractivity contribution in [3.05, 3.63) is 59.7 Å². The monoisotopic (exact) mass is 334 g/mol. The topological polar surface area (TPSA) is 18.5 Å². The van der Waals surface area contributed by atoms with Crippen LogP contribution in [-0.4, -0.2) is 12.7 Å². The maximum Gasteiger partial charge on any atom is 0.0721 e. The van der Waals surface area contributed by atoms with E-state index in [1.54, 1.807) is 0 Å². The maximum absolute atomic E-state index is 5.76. The van der Waals surface area contributed by atoms with Crippen molar-refractivity contribution >= 4 is 24.1 Å². The van der Waals surface area contributed by atoms with Crippen molar-refractivity contribution in [3.8, 4) is 0 Å². The highest BCUT2D eigenvalue weighted by Crippen LogP contribution is 2.23. The van der Waals surface area contributed by atoms with E-state index in [2.05, 4.69) is 69.3 Å². The molecular weight excluding hydrogens is 312 g/mol. The molecule has 0 fully saturated rings. The van der Waals surface area contributed by atoms with E-state index in [9.17, 15) is 0 Å². The first-order chi connectivity index (χ1) is 10.6. The SMILES string of the molecule is Cc1ccc(SOCCC(C)OSc2ccc(C)cc2)cc1. The molecule has 22 heavy (non-hydrogen) atoms. The molecule has 0 aromatic heterocycles. The number of hydrogen-bond acceptors (Lipinski definition) is 4. The molecule has 2 rings (SSSR count). The molecular formula is C18H22O2S2. The molecule has 2 aromatic carbocycles. The summed E-state index contributed by atoms with van der Waals surface area (Å²) in [7, 11) is 0. The van der Waals surface area contributed by atoms with Crippen molar-refractivity contribution < 1.29 is 8.37 Å². The molecule has 0 spiro atoms. The fraction of sp³-hybridized carbons (Fsp3) is 0.333. The summed E-state index contributed by atoms with van der Waals surface area (Å²) in [5.74, 6) is 0. The predicted octanol–water partition coefficient (Wildman–Crippen LogP) is 5.83. The van der Waals surface area contributed by atoms with Crippen LogP contribution in [0.4, 0.5) is 0 Å². The fourth-order valence-corrected chi connectivity index (χ4v) is 2.88. The summed E-state index contributed by atoms with van der Waals surface area (Å²) in [6.45, 7) is 6.91. The lowest BCUT2D eigenvalue weighted by Gasteiger charge is -2.11. The molecule has 0 saturated carbocycles. The molecule has 0 aliphatic heterocycles. The Bertz CT molecular complexity index is 552. The highest BCUT2D eigenvalue weighted by molar-refractivity contribution is 7.95. The maximum atomic E-state index is 5.76. The highest BCUT2D eigenvalue weighted by Gasteiger charge is 2.05. The minimum atomic E-state index is 0.157. The van der Waals surface area contributed by atoms with Gasteiger partial charge in [0.1, 0.15) is 0 Å². The van der Waals surface area contributed by atoms with Gasteiger partial charge in [0.25, 0.3) is 0 Å². The van der Waals surface area contributed by atoms with Crippen molar-refractivity contribution in [2.45, 2.75) is 43.1 Å². The molecule has 0 heterocycles. The Hall–Kier alpha value is -0.940. The minimum absolute atomic E-state index is 0.157. The first-order valence-electron chi connectivity index (χ1n) is 7.39. The van der Waals surface area contributed by atoms with Crippen LogP contribution >= 0.6 is 24.1 Å². The molecule has 0 amide bonds. The van der Waals surface area contributed by atoms with Gasteiger partial charge in [-0.15, -0.1) is 0 Å². The molecule has 0 saturated heterocycles. The second-order valence-electron chi connectivity index (χ2n) is 5.31. The molecule has 0 aliphatic rings. The van der Waals surface area contributed by atoms with E-state index >= 15 is 0 Å². The molecule has 2 nitrogen and oxygen atoms in total. The Kier molecular flexibility index (Phi) is 7.33. The minimum Gasteiger partial charge on any atom is -0.310 e.